The van der Waals surface area contributed by atoms with E-state index in [-0.39, 0.29) is 12.0 Å². The second kappa shape index (κ2) is 8.29. The van der Waals surface area contributed by atoms with Crippen molar-refractivity contribution in [2.75, 3.05) is 0 Å². The highest BCUT2D eigenvalue weighted by Crippen LogP contribution is 2.40. The van der Waals surface area contributed by atoms with Crippen LogP contribution in [0.15, 0.2) is 66.9 Å². The average molecular weight is 443 g/mol. The van der Waals surface area contributed by atoms with Gasteiger partial charge in [-0.2, -0.15) is 5.26 Å². The minimum absolute atomic E-state index is 0.114. The molecule has 0 fully saturated rings. The quantitative estimate of drug-likeness (QED) is 0.641. The van der Waals surface area contributed by atoms with Crippen molar-refractivity contribution in [3.63, 3.8) is 0 Å². The van der Waals surface area contributed by atoms with Crippen LogP contribution in [0.3, 0.4) is 0 Å². The number of nitrogens with one attached hydrogen (secondary N) is 1. The van der Waals surface area contributed by atoms with E-state index in [2.05, 4.69) is 9.71 Å². The topological polar surface area (TPSA) is 101 Å². The van der Waals surface area contributed by atoms with Gasteiger partial charge >= 0.3 is 0 Å². The summed E-state index contributed by atoms with van der Waals surface area (Å²) in [6, 6.07) is 18.5. The van der Waals surface area contributed by atoms with Crippen LogP contribution >= 0.6 is 0 Å². The minimum atomic E-state index is -1.52. The van der Waals surface area contributed by atoms with Crippen LogP contribution in [0.1, 0.15) is 34.8 Å². The third-order valence-corrected chi connectivity index (χ3v) is 6.46. The number of carbonyl (C=O) groups is 1. The highest BCUT2D eigenvalue weighted by molar-refractivity contribution is 7.93. The first kappa shape index (κ1) is 20.0. The van der Waals surface area contributed by atoms with E-state index in [9.17, 15) is 9.00 Å². The van der Waals surface area contributed by atoms with Crippen LogP contribution in [0.2, 0.25) is 0 Å². The van der Waals surface area contributed by atoms with Gasteiger partial charge < -0.3 is 9.47 Å². The van der Waals surface area contributed by atoms with Gasteiger partial charge in [0.1, 0.15) is 23.7 Å². The molecule has 158 valence electrons. The maximum absolute atomic E-state index is 11.9. The van der Waals surface area contributed by atoms with Gasteiger partial charge in [-0.3, -0.25) is 9.52 Å². The number of fused-ring (bicyclic) bond motifs is 1. The summed E-state index contributed by atoms with van der Waals surface area (Å²) < 4.78 is 26.5. The van der Waals surface area contributed by atoms with Gasteiger partial charge in [-0.1, -0.05) is 24.3 Å². The molecule has 1 aliphatic heterocycles. The predicted octanol–water partition coefficient (Wildman–Crippen LogP) is 3.95. The summed E-state index contributed by atoms with van der Waals surface area (Å²) in [5.74, 6) is 1.50. The molecular weight excluding hydrogens is 426 g/mol. The Morgan fingerprint density at radius 2 is 1.97 bits per heavy atom. The molecule has 0 spiro atoms. The van der Waals surface area contributed by atoms with Crippen LogP contribution in [0.4, 0.5) is 0 Å². The SMILES string of the molecule is N#Cc1ccc(Oc2cccc3c2CC[C@H]3Oc2ccc(C3=CC(=O)NS3=O)cc2)nc1. The Morgan fingerprint density at radius 3 is 2.66 bits per heavy atom. The summed E-state index contributed by atoms with van der Waals surface area (Å²) in [7, 11) is -1.52. The summed E-state index contributed by atoms with van der Waals surface area (Å²) >= 11 is 0. The maximum atomic E-state index is 11.9. The molecule has 1 N–H and O–H groups in total. The molecule has 1 aliphatic carbocycles. The molecule has 0 radical (unpaired) electrons. The zero-order valence-electron chi connectivity index (χ0n) is 16.8. The zero-order chi connectivity index (χ0) is 22.1. The number of nitrogens with zero attached hydrogens (tertiary/aromatic N) is 2. The molecule has 7 nitrogen and oxygen atoms in total. The molecule has 1 aromatic heterocycles. The smallest absolute Gasteiger partial charge is 0.257 e. The second-order valence-corrected chi connectivity index (χ2v) is 8.52. The van der Waals surface area contributed by atoms with Gasteiger partial charge in [0.25, 0.3) is 5.91 Å². The molecule has 2 aromatic carbocycles. The number of pyridine rings is 1. The standard InChI is InChI=1S/C24H17N3O4S/c25-13-15-4-11-24(26-14-15)31-20-3-1-2-18-19(20)9-10-21(18)30-17-7-5-16(6-8-17)22-12-23(28)27-32(22)29/h1-8,11-12,14,21H,9-10H2,(H,27,28)/t21-,32?/m1/s1. The minimum Gasteiger partial charge on any atom is -0.486 e. The largest absolute Gasteiger partial charge is 0.486 e. The van der Waals surface area contributed by atoms with Crippen molar-refractivity contribution in [3.8, 4) is 23.4 Å². The van der Waals surface area contributed by atoms with Crippen molar-refractivity contribution in [1.29, 1.82) is 5.26 Å². The van der Waals surface area contributed by atoms with Crippen LogP contribution in [0.5, 0.6) is 17.4 Å². The lowest BCUT2D eigenvalue weighted by Crippen LogP contribution is -2.16. The van der Waals surface area contributed by atoms with Crippen molar-refractivity contribution in [2.24, 2.45) is 0 Å². The Balaban J connectivity index is 1.32. The fourth-order valence-electron chi connectivity index (χ4n) is 3.82. The van der Waals surface area contributed by atoms with Crippen LogP contribution in [-0.2, 0) is 22.2 Å². The van der Waals surface area contributed by atoms with Crippen LogP contribution < -0.4 is 14.2 Å². The number of ether oxygens (including phenoxy) is 2. The summed E-state index contributed by atoms with van der Waals surface area (Å²) in [6.45, 7) is 0. The highest BCUT2D eigenvalue weighted by Gasteiger charge is 2.27. The molecule has 32 heavy (non-hydrogen) atoms. The van der Waals surface area contributed by atoms with Crippen molar-refractivity contribution in [3.05, 3.63) is 89.1 Å². The molecule has 0 saturated carbocycles. The van der Waals surface area contributed by atoms with Crippen LogP contribution in [-0.4, -0.2) is 15.1 Å². The van der Waals surface area contributed by atoms with E-state index in [1.165, 1.54) is 12.3 Å². The van der Waals surface area contributed by atoms with E-state index in [0.717, 1.165) is 29.7 Å². The number of carbonyl (C=O) groups excluding carboxylic acids is 1. The zero-order valence-corrected chi connectivity index (χ0v) is 17.6. The fourth-order valence-corrected chi connectivity index (χ4v) is 4.74. The van der Waals surface area contributed by atoms with Crippen LogP contribution in [0.25, 0.3) is 4.91 Å². The Bertz CT molecular complexity index is 1290. The Hall–Kier alpha value is -3.96. The van der Waals surface area contributed by atoms with Crippen molar-refractivity contribution in [2.45, 2.75) is 18.9 Å². The van der Waals surface area contributed by atoms with Gasteiger partial charge in [0.05, 0.1) is 10.5 Å². The first-order valence-corrected chi connectivity index (χ1v) is 11.1. The number of rotatable bonds is 5. The molecule has 5 rings (SSSR count). The van der Waals surface area contributed by atoms with E-state index in [1.807, 2.05) is 36.4 Å². The van der Waals surface area contributed by atoms with Gasteiger partial charge in [-0.05, 0) is 48.2 Å². The number of nitriles is 1. The van der Waals surface area contributed by atoms with Gasteiger partial charge in [-0.15, -0.1) is 0 Å². The Labute approximate surface area is 186 Å². The number of hydrogen-bond acceptors (Lipinski definition) is 6. The lowest BCUT2D eigenvalue weighted by atomic mass is 10.1. The highest BCUT2D eigenvalue weighted by atomic mass is 32.2. The summed E-state index contributed by atoms with van der Waals surface area (Å²) in [5, 5.41) is 8.91. The van der Waals surface area contributed by atoms with Crippen molar-refractivity contribution in [1.82, 2.24) is 9.71 Å². The first-order chi connectivity index (χ1) is 15.6. The molecule has 1 amide bonds. The van der Waals surface area contributed by atoms with E-state index >= 15 is 0 Å². The normalized spacial score (nSPS) is 19.0. The van der Waals surface area contributed by atoms with Gasteiger partial charge in [0, 0.05) is 23.9 Å². The fraction of sp³-hybridized carbons (Fsp3) is 0.125. The lowest BCUT2D eigenvalue weighted by Gasteiger charge is -2.16. The monoisotopic (exact) mass is 443 g/mol. The summed E-state index contributed by atoms with van der Waals surface area (Å²) in [4.78, 5) is 16.0. The molecule has 2 atom stereocenters. The molecule has 2 aliphatic rings. The molecule has 0 bridgehead atoms. The third-order valence-electron chi connectivity index (χ3n) is 5.33. The first-order valence-electron chi connectivity index (χ1n) is 9.98. The number of amides is 1. The lowest BCUT2D eigenvalue weighted by molar-refractivity contribution is -0.114. The maximum Gasteiger partial charge on any atom is 0.257 e. The van der Waals surface area contributed by atoms with Crippen LogP contribution in [0, 0.1) is 11.3 Å². The van der Waals surface area contributed by atoms with Gasteiger partial charge in [0.15, 0.2) is 11.0 Å². The van der Waals surface area contributed by atoms with E-state index in [0.29, 0.717) is 27.7 Å². The second-order valence-electron chi connectivity index (χ2n) is 7.34. The molecule has 8 heteroatoms. The molecule has 3 aromatic rings. The predicted molar refractivity (Wildman–Crippen MR) is 118 cm³/mol. The average Bonchev–Trinajstić information content (AvgIpc) is 3.38. The molecule has 1 unspecified atom stereocenters. The Morgan fingerprint density at radius 1 is 1.12 bits per heavy atom. The summed E-state index contributed by atoms with van der Waals surface area (Å²) in [5.41, 5.74) is 3.34. The van der Waals surface area contributed by atoms with E-state index in [4.69, 9.17) is 14.7 Å². The van der Waals surface area contributed by atoms with Gasteiger partial charge in [0.2, 0.25) is 5.88 Å². The van der Waals surface area contributed by atoms with Gasteiger partial charge in [-0.25, -0.2) is 9.19 Å². The molecule has 0 saturated heterocycles. The number of benzene rings is 2. The van der Waals surface area contributed by atoms with E-state index < -0.39 is 11.0 Å². The summed E-state index contributed by atoms with van der Waals surface area (Å²) in [6.07, 6.45) is 4.34. The molecule has 2 heterocycles. The van der Waals surface area contributed by atoms with Crippen molar-refractivity contribution >= 4 is 21.8 Å². The van der Waals surface area contributed by atoms with E-state index in [1.54, 1.807) is 24.3 Å². The number of hydrogen-bond donors (Lipinski definition) is 1. The number of aromatic nitrogens is 1. The van der Waals surface area contributed by atoms with Crippen molar-refractivity contribution < 1.29 is 18.5 Å². The third kappa shape index (κ3) is 3.86. The Kier molecular flexibility index (Phi) is 5.17. The molecular formula is C24H17N3O4S.